The van der Waals surface area contributed by atoms with Gasteiger partial charge in [0.05, 0.1) is 26.4 Å². The fourth-order valence-electron chi connectivity index (χ4n) is 3.91. The van der Waals surface area contributed by atoms with Gasteiger partial charge in [0.1, 0.15) is 11.4 Å². The Labute approximate surface area is 164 Å². The van der Waals surface area contributed by atoms with E-state index in [0.29, 0.717) is 24.7 Å². The van der Waals surface area contributed by atoms with Crippen molar-refractivity contribution in [2.45, 2.75) is 30.9 Å². The molecule has 2 heterocycles. The van der Waals surface area contributed by atoms with Crippen molar-refractivity contribution in [3.63, 3.8) is 0 Å². The maximum absolute atomic E-state index is 12.6. The summed E-state index contributed by atoms with van der Waals surface area (Å²) in [6.07, 6.45) is 2.38. The zero-order chi connectivity index (χ0) is 19.4. The van der Waals surface area contributed by atoms with Crippen LogP contribution in [0.2, 0.25) is 0 Å². The van der Waals surface area contributed by atoms with E-state index in [4.69, 9.17) is 18.9 Å². The van der Waals surface area contributed by atoms with Gasteiger partial charge in [0.25, 0.3) is 5.91 Å². The molecule has 2 aromatic carbocycles. The van der Waals surface area contributed by atoms with E-state index in [1.807, 2.05) is 36.4 Å². The highest BCUT2D eigenvalue weighted by atomic mass is 16.5. The molecule has 1 fully saturated rings. The third-order valence-electron chi connectivity index (χ3n) is 5.36. The van der Waals surface area contributed by atoms with E-state index in [-0.39, 0.29) is 24.2 Å². The minimum absolute atomic E-state index is 0.0734. The van der Waals surface area contributed by atoms with Gasteiger partial charge in [-0.05, 0) is 18.2 Å². The number of hydrogen-bond acceptors (Lipinski definition) is 5. The van der Waals surface area contributed by atoms with E-state index in [1.165, 1.54) is 0 Å². The third kappa shape index (κ3) is 3.92. The van der Waals surface area contributed by atoms with E-state index in [0.717, 1.165) is 30.6 Å². The SMILES string of the molecule is COc1ccccc1OCC(=O)NC1CC2(CCOCC2)Oc2ccccc21. The molecule has 0 bridgehead atoms. The zero-order valence-electron chi connectivity index (χ0n) is 16.0. The van der Waals surface area contributed by atoms with E-state index in [9.17, 15) is 4.79 Å². The number of rotatable bonds is 5. The van der Waals surface area contributed by atoms with Crippen molar-refractivity contribution in [2.75, 3.05) is 26.9 Å². The van der Waals surface area contributed by atoms with E-state index in [2.05, 4.69) is 5.32 Å². The molecule has 0 saturated carbocycles. The summed E-state index contributed by atoms with van der Waals surface area (Å²) in [5.41, 5.74) is 0.721. The average molecular weight is 383 g/mol. The molecule has 6 nitrogen and oxygen atoms in total. The lowest BCUT2D eigenvalue weighted by atomic mass is 9.82. The van der Waals surface area contributed by atoms with Gasteiger partial charge in [-0.2, -0.15) is 0 Å². The van der Waals surface area contributed by atoms with Crippen molar-refractivity contribution < 1.29 is 23.7 Å². The number of para-hydroxylation sites is 3. The Morgan fingerprint density at radius 1 is 1.11 bits per heavy atom. The number of amides is 1. The predicted octanol–water partition coefficient (Wildman–Crippen LogP) is 3.26. The second-order valence-electron chi connectivity index (χ2n) is 7.20. The van der Waals surface area contributed by atoms with Gasteiger partial charge in [-0.15, -0.1) is 0 Å². The van der Waals surface area contributed by atoms with Crippen LogP contribution in [0.1, 0.15) is 30.9 Å². The van der Waals surface area contributed by atoms with Crippen LogP contribution in [0.4, 0.5) is 0 Å². The van der Waals surface area contributed by atoms with Crippen molar-refractivity contribution in [2.24, 2.45) is 0 Å². The molecular weight excluding hydrogens is 358 g/mol. The fourth-order valence-corrected chi connectivity index (χ4v) is 3.91. The Balaban J connectivity index is 1.46. The Bertz CT molecular complexity index is 831. The number of benzene rings is 2. The van der Waals surface area contributed by atoms with Gasteiger partial charge >= 0.3 is 0 Å². The van der Waals surface area contributed by atoms with Gasteiger partial charge in [-0.25, -0.2) is 0 Å². The number of nitrogens with one attached hydrogen (secondary N) is 1. The molecule has 2 aromatic rings. The van der Waals surface area contributed by atoms with Crippen molar-refractivity contribution in [1.29, 1.82) is 0 Å². The number of methoxy groups -OCH3 is 1. The minimum atomic E-state index is -0.284. The molecule has 0 radical (unpaired) electrons. The second kappa shape index (κ2) is 8.10. The summed E-state index contributed by atoms with van der Waals surface area (Å²) in [6, 6.07) is 15.1. The fraction of sp³-hybridized carbons (Fsp3) is 0.409. The lowest BCUT2D eigenvalue weighted by Gasteiger charge is -2.44. The first kappa shape index (κ1) is 18.6. The van der Waals surface area contributed by atoms with E-state index < -0.39 is 0 Å². The quantitative estimate of drug-likeness (QED) is 0.859. The predicted molar refractivity (Wildman–Crippen MR) is 104 cm³/mol. The Morgan fingerprint density at radius 3 is 2.61 bits per heavy atom. The monoisotopic (exact) mass is 383 g/mol. The van der Waals surface area contributed by atoms with Crippen LogP contribution in [0.3, 0.4) is 0 Å². The van der Waals surface area contributed by atoms with Crippen LogP contribution in [-0.2, 0) is 9.53 Å². The van der Waals surface area contributed by atoms with Gasteiger partial charge in [0, 0.05) is 24.8 Å². The topological polar surface area (TPSA) is 66.0 Å². The normalized spacial score (nSPS) is 20.0. The number of carbonyl (C=O) groups is 1. The molecule has 6 heteroatoms. The summed E-state index contributed by atoms with van der Waals surface area (Å²) in [6.45, 7) is 1.29. The highest BCUT2D eigenvalue weighted by Gasteiger charge is 2.42. The minimum Gasteiger partial charge on any atom is -0.493 e. The molecule has 2 aliphatic rings. The standard InChI is InChI=1S/C22H25NO5/c1-25-19-8-4-5-9-20(19)27-15-21(24)23-17-14-22(10-12-26-13-11-22)28-18-7-3-2-6-16(17)18/h2-9,17H,10-15H2,1H3,(H,23,24). The lowest BCUT2D eigenvalue weighted by Crippen LogP contribution is -2.49. The molecular formula is C22H25NO5. The number of carbonyl (C=O) groups excluding carboxylic acids is 1. The van der Waals surface area contributed by atoms with Crippen LogP contribution < -0.4 is 19.5 Å². The molecule has 1 unspecified atom stereocenters. The van der Waals surface area contributed by atoms with Gasteiger partial charge in [-0.3, -0.25) is 4.79 Å². The van der Waals surface area contributed by atoms with Crippen LogP contribution in [-0.4, -0.2) is 38.4 Å². The molecule has 1 atom stereocenters. The third-order valence-corrected chi connectivity index (χ3v) is 5.36. The summed E-state index contributed by atoms with van der Waals surface area (Å²) in [5, 5.41) is 3.13. The summed E-state index contributed by atoms with van der Waals surface area (Å²) in [7, 11) is 1.58. The summed E-state index contributed by atoms with van der Waals surface area (Å²) in [5.74, 6) is 1.82. The molecule has 148 valence electrons. The Hall–Kier alpha value is -2.73. The highest BCUT2D eigenvalue weighted by molar-refractivity contribution is 5.78. The summed E-state index contributed by atoms with van der Waals surface area (Å²) in [4.78, 5) is 12.6. The molecule has 1 saturated heterocycles. The molecule has 1 spiro atoms. The Morgan fingerprint density at radius 2 is 1.82 bits per heavy atom. The van der Waals surface area contributed by atoms with Gasteiger partial charge < -0.3 is 24.3 Å². The molecule has 0 aliphatic carbocycles. The van der Waals surface area contributed by atoms with Crippen LogP contribution >= 0.6 is 0 Å². The summed E-state index contributed by atoms with van der Waals surface area (Å²) < 4.78 is 22.8. The first-order valence-corrected chi connectivity index (χ1v) is 9.60. The number of hydrogen-bond donors (Lipinski definition) is 1. The van der Waals surface area contributed by atoms with Gasteiger partial charge in [0.15, 0.2) is 18.1 Å². The zero-order valence-corrected chi connectivity index (χ0v) is 16.0. The maximum Gasteiger partial charge on any atom is 0.258 e. The molecule has 28 heavy (non-hydrogen) atoms. The van der Waals surface area contributed by atoms with Gasteiger partial charge in [0.2, 0.25) is 0 Å². The van der Waals surface area contributed by atoms with Gasteiger partial charge in [-0.1, -0.05) is 30.3 Å². The molecule has 1 N–H and O–H groups in total. The smallest absolute Gasteiger partial charge is 0.258 e. The van der Waals surface area contributed by atoms with Crippen LogP contribution in [0.25, 0.3) is 0 Å². The first-order chi connectivity index (χ1) is 13.7. The maximum atomic E-state index is 12.6. The molecule has 4 rings (SSSR count). The van der Waals surface area contributed by atoms with Crippen LogP contribution in [0, 0.1) is 0 Å². The van der Waals surface area contributed by atoms with Crippen molar-refractivity contribution in [3.8, 4) is 17.2 Å². The average Bonchev–Trinajstić information content (AvgIpc) is 2.73. The second-order valence-corrected chi connectivity index (χ2v) is 7.20. The lowest BCUT2D eigenvalue weighted by molar-refractivity contribution is -0.125. The number of fused-ring (bicyclic) bond motifs is 1. The molecule has 1 amide bonds. The van der Waals surface area contributed by atoms with Crippen molar-refractivity contribution in [3.05, 3.63) is 54.1 Å². The molecule has 2 aliphatic heterocycles. The van der Waals surface area contributed by atoms with Crippen molar-refractivity contribution >= 4 is 5.91 Å². The van der Waals surface area contributed by atoms with Crippen LogP contribution in [0.15, 0.2) is 48.5 Å². The van der Waals surface area contributed by atoms with E-state index in [1.54, 1.807) is 19.2 Å². The Kier molecular flexibility index (Phi) is 5.39. The number of ether oxygens (including phenoxy) is 4. The first-order valence-electron chi connectivity index (χ1n) is 9.60. The van der Waals surface area contributed by atoms with Crippen LogP contribution in [0.5, 0.6) is 17.2 Å². The largest absolute Gasteiger partial charge is 0.493 e. The van der Waals surface area contributed by atoms with E-state index >= 15 is 0 Å². The van der Waals surface area contributed by atoms with Crippen molar-refractivity contribution in [1.82, 2.24) is 5.32 Å². The molecule has 0 aromatic heterocycles. The highest BCUT2D eigenvalue weighted by Crippen LogP contribution is 2.43. The summed E-state index contributed by atoms with van der Waals surface area (Å²) >= 11 is 0.